The summed E-state index contributed by atoms with van der Waals surface area (Å²) in [5.41, 5.74) is 5.70. The Morgan fingerprint density at radius 2 is 2.26 bits per heavy atom. The highest BCUT2D eigenvalue weighted by Crippen LogP contribution is 2.28. The molecular formula is C14H20FN3O. The molecule has 1 fully saturated rings. The largest absolute Gasteiger partial charge is 0.383 e. The number of rotatable bonds is 3. The van der Waals surface area contributed by atoms with Crippen LogP contribution in [0.3, 0.4) is 0 Å². The van der Waals surface area contributed by atoms with Gasteiger partial charge in [0.1, 0.15) is 11.6 Å². The van der Waals surface area contributed by atoms with E-state index in [2.05, 4.69) is 17.2 Å². The second-order valence-corrected chi connectivity index (χ2v) is 5.32. The number of aromatic nitrogens is 1. The normalized spacial score (nSPS) is 23.1. The molecule has 0 bridgehead atoms. The summed E-state index contributed by atoms with van der Waals surface area (Å²) in [7, 11) is 0. The summed E-state index contributed by atoms with van der Waals surface area (Å²) in [6.07, 6.45) is 5.85. The van der Waals surface area contributed by atoms with Crippen LogP contribution >= 0.6 is 0 Å². The van der Waals surface area contributed by atoms with Crippen LogP contribution in [-0.4, -0.2) is 17.4 Å². The number of carbonyl (C=O) groups excluding carboxylic acids is 1. The van der Waals surface area contributed by atoms with E-state index in [0.717, 1.165) is 18.7 Å². The molecule has 1 aromatic heterocycles. The summed E-state index contributed by atoms with van der Waals surface area (Å²) in [6.45, 7) is 2.84. The van der Waals surface area contributed by atoms with E-state index in [9.17, 15) is 9.18 Å². The molecule has 0 spiro atoms. The third-order valence-electron chi connectivity index (χ3n) is 3.94. The maximum atomic E-state index is 13.1. The first kappa shape index (κ1) is 13.8. The Hall–Kier alpha value is -1.65. The average Bonchev–Trinajstić information content (AvgIpc) is 2.40. The smallest absolute Gasteiger partial charge is 0.255 e. The number of hydrogen-bond donors (Lipinski definition) is 2. The second-order valence-electron chi connectivity index (χ2n) is 5.32. The van der Waals surface area contributed by atoms with E-state index in [1.54, 1.807) is 0 Å². The quantitative estimate of drug-likeness (QED) is 0.881. The highest BCUT2D eigenvalue weighted by molar-refractivity contribution is 5.98. The van der Waals surface area contributed by atoms with Gasteiger partial charge in [-0.15, -0.1) is 0 Å². The molecule has 2 rings (SSSR count). The van der Waals surface area contributed by atoms with E-state index in [1.165, 1.54) is 19.3 Å². The zero-order chi connectivity index (χ0) is 13.8. The van der Waals surface area contributed by atoms with Gasteiger partial charge in [-0.2, -0.15) is 0 Å². The van der Waals surface area contributed by atoms with Gasteiger partial charge in [0.15, 0.2) is 0 Å². The first-order valence-corrected chi connectivity index (χ1v) is 6.77. The summed E-state index contributed by atoms with van der Waals surface area (Å²) in [6, 6.07) is 1.13. The van der Waals surface area contributed by atoms with Gasteiger partial charge in [0, 0.05) is 6.54 Å². The molecule has 1 heterocycles. The first-order chi connectivity index (χ1) is 9.08. The van der Waals surface area contributed by atoms with Gasteiger partial charge in [-0.3, -0.25) is 4.79 Å². The van der Waals surface area contributed by atoms with E-state index >= 15 is 0 Å². The highest BCUT2D eigenvalue weighted by atomic mass is 19.1. The molecule has 0 aromatic carbocycles. The van der Waals surface area contributed by atoms with Gasteiger partial charge in [-0.25, -0.2) is 9.37 Å². The number of nitrogens with two attached hydrogens (primary N) is 1. The van der Waals surface area contributed by atoms with Crippen LogP contribution in [0.15, 0.2) is 12.3 Å². The van der Waals surface area contributed by atoms with Crippen molar-refractivity contribution in [2.75, 3.05) is 12.3 Å². The van der Waals surface area contributed by atoms with Crippen LogP contribution < -0.4 is 11.1 Å². The van der Waals surface area contributed by atoms with Crippen LogP contribution in [0.4, 0.5) is 10.2 Å². The lowest BCUT2D eigenvalue weighted by Crippen LogP contribution is -2.33. The van der Waals surface area contributed by atoms with E-state index in [0.29, 0.717) is 18.4 Å². The lowest BCUT2D eigenvalue weighted by molar-refractivity contribution is 0.0936. The van der Waals surface area contributed by atoms with Crippen LogP contribution in [0.25, 0.3) is 0 Å². The van der Waals surface area contributed by atoms with Crippen molar-refractivity contribution in [3.8, 4) is 0 Å². The maximum Gasteiger partial charge on any atom is 0.255 e. The molecule has 3 N–H and O–H groups in total. The zero-order valence-corrected chi connectivity index (χ0v) is 11.2. The zero-order valence-electron chi connectivity index (χ0n) is 11.2. The number of amides is 1. The molecule has 1 aliphatic carbocycles. The van der Waals surface area contributed by atoms with Gasteiger partial charge >= 0.3 is 0 Å². The SMILES string of the molecule is CC1CCCCC1CNC(=O)c1cc(F)cnc1N. The number of pyridine rings is 1. The molecule has 2 atom stereocenters. The summed E-state index contributed by atoms with van der Waals surface area (Å²) < 4.78 is 13.1. The fourth-order valence-corrected chi connectivity index (χ4v) is 2.65. The molecule has 0 aliphatic heterocycles. The van der Waals surface area contributed by atoms with Crippen molar-refractivity contribution in [1.29, 1.82) is 0 Å². The van der Waals surface area contributed by atoms with Gasteiger partial charge in [-0.1, -0.05) is 26.2 Å². The Morgan fingerprint density at radius 1 is 1.53 bits per heavy atom. The summed E-state index contributed by atoms with van der Waals surface area (Å²) >= 11 is 0. The molecule has 4 nitrogen and oxygen atoms in total. The van der Waals surface area contributed by atoms with Crippen molar-refractivity contribution >= 4 is 11.7 Å². The number of halogens is 1. The number of nitrogens with one attached hydrogen (secondary N) is 1. The third-order valence-corrected chi connectivity index (χ3v) is 3.94. The van der Waals surface area contributed by atoms with Crippen LogP contribution in [0.5, 0.6) is 0 Å². The van der Waals surface area contributed by atoms with Crippen molar-refractivity contribution in [3.05, 3.63) is 23.6 Å². The Labute approximate surface area is 112 Å². The number of nitrogens with zero attached hydrogens (tertiary/aromatic N) is 1. The number of anilines is 1. The standard InChI is InChI=1S/C14H20FN3O/c1-9-4-2-3-5-10(9)7-18-14(19)12-6-11(15)8-17-13(12)16/h6,8-10H,2-5,7H2,1H3,(H2,16,17)(H,18,19). The Kier molecular flexibility index (Phi) is 4.35. The van der Waals surface area contributed by atoms with Crippen LogP contribution in [0.1, 0.15) is 43.0 Å². The van der Waals surface area contributed by atoms with Gasteiger partial charge in [0.05, 0.1) is 11.8 Å². The van der Waals surface area contributed by atoms with Gasteiger partial charge in [0.25, 0.3) is 5.91 Å². The van der Waals surface area contributed by atoms with E-state index in [1.807, 2.05) is 0 Å². The van der Waals surface area contributed by atoms with Gasteiger partial charge < -0.3 is 11.1 Å². The minimum Gasteiger partial charge on any atom is -0.383 e. The molecule has 0 radical (unpaired) electrons. The third kappa shape index (κ3) is 3.43. The molecule has 1 aliphatic rings. The van der Waals surface area contributed by atoms with E-state index in [-0.39, 0.29) is 17.3 Å². The van der Waals surface area contributed by atoms with Crippen molar-refractivity contribution in [2.24, 2.45) is 11.8 Å². The van der Waals surface area contributed by atoms with Crippen molar-refractivity contribution < 1.29 is 9.18 Å². The van der Waals surface area contributed by atoms with E-state index < -0.39 is 5.82 Å². The first-order valence-electron chi connectivity index (χ1n) is 6.77. The number of nitrogen functional groups attached to an aromatic ring is 1. The van der Waals surface area contributed by atoms with Crippen molar-refractivity contribution in [3.63, 3.8) is 0 Å². The molecule has 0 saturated heterocycles. The number of carbonyl (C=O) groups is 1. The topological polar surface area (TPSA) is 68.0 Å². The molecule has 104 valence electrons. The monoisotopic (exact) mass is 265 g/mol. The van der Waals surface area contributed by atoms with Crippen molar-refractivity contribution in [1.82, 2.24) is 10.3 Å². The number of hydrogen-bond acceptors (Lipinski definition) is 3. The molecule has 19 heavy (non-hydrogen) atoms. The molecule has 5 heteroatoms. The van der Waals surface area contributed by atoms with Gasteiger partial charge in [0.2, 0.25) is 0 Å². The van der Waals surface area contributed by atoms with E-state index in [4.69, 9.17) is 5.73 Å². The maximum absolute atomic E-state index is 13.1. The lowest BCUT2D eigenvalue weighted by Gasteiger charge is -2.28. The van der Waals surface area contributed by atoms with Gasteiger partial charge in [-0.05, 0) is 24.3 Å². The van der Waals surface area contributed by atoms with Crippen LogP contribution in [-0.2, 0) is 0 Å². The average molecular weight is 265 g/mol. The molecule has 1 saturated carbocycles. The Balaban J connectivity index is 1.95. The summed E-state index contributed by atoms with van der Waals surface area (Å²) in [4.78, 5) is 15.6. The predicted octanol–water partition coefficient (Wildman–Crippen LogP) is 2.36. The highest BCUT2D eigenvalue weighted by Gasteiger charge is 2.22. The fraction of sp³-hybridized carbons (Fsp3) is 0.571. The molecular weight excluding hydrogens is 245 g/mol. The Morgan fingerprint density at radius 3 is 3.00 bits per heavy atom. The fourth-order valence-electron chi connectivity index (χ4n) is 2.65. The molecule has 1 amide bonds. The Bertz CT molecular complexity index is 464. The second kappa shape index (κ2) is 5.99. The summed E-state index contributed by atoms with van der Waals surface area (Å²) in [5, 5.41) is 2.84. The summed E-state index contributed by atoms with van der Waals surface area (Å²) in [5.74, 6) is 0.292. The molecule has 2 unspecified atom stereocenters. The van der Waals surface area contributed by atoms with Crippen LogP contribution in [0, 0.1) is 17.7 Å². The lowest BCUT2D eigenvalue weighted by atomic mass is 9.80. The minimum atomic E-state index is -0.551. The molecule has 1 aromatic rings. The predicted molar refractivity (Wildman–Crippen MR) is 72.1 cm³/mol. The minimum absolute atomic E-state index is 0.0654. The van der Waals surface area contributed by atoms with Crippen LogP contribution in [0.2, 0.25) is 0 Å². The van der Waals surface area contributed by atoms with Crippen molar-refractivity contribution in [2.45, 2.75) is 32.6 Å².